The van der Waals surface area contributed by atoms with E-state index in [9.17, 15) is 4.79 Å². The average molecular weight is 235 g/mol. The van der Waals surface area contributed by atoms with Crippen LogP contribution in [0.4, 0.5) is 0 Å². The van der Waals surface area contributed by atoms with Gasteiger partial charge in [-0.15, -0.1) is 0 Å². The molecule has 92 valence electrons. The Kier molecular flexibility index (Phi) is 4.47. The second kappa shape index (κ2) is 5.65. The molecule has 4 nitrogen and oxygen atoms in total. The highest BCUT2D eigenvalue weighted by Gasteiger charge is 2.32. The van der Waals surface area contributed by atoms with Crippen molar-refractivity contribution in [2.45, 2.75) is 38.9 Å². The summed E-state index contributed by atoms with van der Waals surface area (Å²) in [5.74, 6) is -0.372. The van der Waals surface area contributed by atoms with Gasteiger partial charge in [-0.25, -0.2) is 4.79 Å². The molecule has 1 unspecified atom stereocenters. The van der Waals surface area contributed by atoms with E-state index in [2.05, 4.69) is 6.07 Å². The van der Waals surface area contributed by atoms with Gasteiger partial charge < -0.3 is 9.47 Å². The van der Waals surface area contributed by atoms with Crippen LogP contribution in [0.15, 0.2) is 23.8 Å². The molecule has 17 heavy (non-hydrogen) atoms. The second-order valence-corrected chi connectivity index (χ2v) is 4.25. The molecule has 0 fully saturated rings. The smallest absolute Gasteiger partial charge is 0.337 e. The van der Waals surface area contributed by atoms with Gasteiger partial charge in [0.1, 0.15) is 0 Å². The summed E-state index contributed by atoms with van der Waals surface area (Å²) in [6, 6.07) is 2.06. The topological polar surface area (TPSA) is 59.3 Å². The molecule has 1 atom stereocenters. The Morgan fingerprint density at radius 2 is 2.35 bits per heavy atom. The number of carbonyl (C=O) groups is 1. The predicted octanol–water partition coefficient (Wildman–Crippen LogP) is 2.12. The minimum absolute atomic E-state index is 0.188. The molecule has 0 aromatic rings. The van der Waals surface area contributed by atoms with E-state index in [0.29, 0.717) is 18.6 Å². The van der Waals surface area contributed by atoms with Crippen molar-refractivity contribution in [2.24, 2.45) is 0 Å². The summed E-state index contributed by atoms with van der Waals surface area (Å²) in [4.78, 5) is 11.6. The largest absolute Gasteiger partial charge is 0.464 e. The monoisotopic (exact) mass is 235 g/mol. The van der Waals surface area contributed by atoms with Crippen LogP contribution in [-0.2, 0) is 14.3 Å². The molecule has 0 aromatic carbocycles. The SMILES string of the molecule is CCOC(=O)C(C)(C)OC1C=CC(C#N)=CC1. The van der Waals surface area contributed by atoms with Crippen molar-refractivity contribution in [3.05, 3.63) is 23.8 Å². The van der Waals surface area contributed by atoms with E-state index in [1.54, 1.807) is 39.0 Å². The molecular weight excluding hydrogens is 218 g/mol. The molecule has 4 heteroatoms. The van der Waals surface area contributed by atoms with E-state index in [1.165, 1.54) is 0 Å². The molecule has 0 aliphatic heterocycles. The van der Waals surface area contributed by atoms with Gasteiger partial charge in [0.15, 0.2) is 5.60 Å². The van der Waals surface area contributed by atoms with Crippen molar-refractivity contribution in [3.8, 4) is 6.07 Å². The number of nitriles is 1. The van der Waals surface area contributed by atoms with Crippen LogP contribution >= 0.6 is 0 Å². The molecule has 0 saturated carbocycles. The van der Waals surface area contributed by atoms with Gasteiger partial charge in [-0.3, -0.25) is 0 Å². The van der Waals surface area contributed by atoms with Crippen LogP contribution in [0.5, 0.6) is 0 Å². The maximum Gasteiger partial charge on any atom is 0.337 e. The van der Waals surface area contributed by atoms with Crippen molar-refractivity contribution in [1.29, 1.82) is 5.26 Å². The van der Waals surface area contributed by atoms with E-state index in [-0.39, 0.29) is 12.1 Å². The molecule has 0 bridgehead atoms. The first-order valence-electron chi connectivity index (χ1n) is 5.63. The third-order valence-corrected chi connectivity index (χ3v) is 2.40. The summed E-state index contributed by atoms with van der Waals surface area (Å²) in [5, 5.41) is 8.68. The maximum absolute atomic E-state index is 11.6. The fourth-order valence-electron chi connectivity index (χ4n) is 1.50. The summed E-state index contributed by atoms with van der Waals surface area (Å²) in [6.45, 7) is 5.46. The lowest BCUT2D eigenvalue weighted by atomic mass is 10.0. The number of allylic oxidation sites excluding steroid dienone is 2. The summed E-state index contributed by atoms with van der Waals surface area (Å²) in [6.07, 6.45) is 5.70. The standard InChI is InChI=1S/C13H17NO3/c1-4-16-12(15)13(2,3)17-11-7-5-10(9-14)6-8-11/h5-7,11H,4,8H2,1-3H3. The summed E-state index contributed by atoms with van der Waals surface area (Å²) in [5.41, 5.74) is -0.345. The van der Waals surface area contributed by atoms with Crippen LogP contribution < -0.4 is 0 Å². The minimum atomic E-state index is -0.969. The highest BCUT2D eigenvalue weighted by atomic mass is 16.6. The molecule has 0 amide bonds. The van der Waals surface area contributed by atoms with E-state index >= 15 is 0 Å². The highest BCUT2D eigenvalue weighted by Crippen LogP contribution is 2.20. The number of carbonyl (C=O) groups excluding carboxylic acids is 1. The molecule has 1 rings (SSSR count). The molecule has 0 heterocycles. The Labute approximate surface area is 102 Å². The fourth-order valence-corrected chi connectivity index (χ4v) is 1.50. The van der Waals surface area contributed by atoms with E-state index in [4.69, 9.17) is 14.7 Å². The average Bonchev–Trinajstić information content (AvgIpc) is 2.30. The van der Waals surface area contributed by atoms with Gasteiger partial charge in [-0.2, -0.15) is 5.26 Å². The highest BCUT2D eigenvalue weighted by molar-refractivity contribution is 5.78. The van der Waals surface area contributed by atoms with E-state index in [0.717, 1.165) is 0 Å². The summed E-state index contributed by atoms with van der Waals surface area (Å²) < 4.78 is 10.6. The fraction of sp³-hybridized carbons (Fsp3) is 0.538. The summed E-state index contributed by atoms with van der Waals surface area (Å²) in [7, 11) is 0. The first kappa shape index (κ1) is 13.5. The zero-order valence-electron chi connectivity index (χ0n) is 10.4. The predicted molar refractivity (Wildman–Crippen MR) is 63.0 cm³/mol. The van der Waals surface area contributed by atoms with Crippen LogP contribution in [0.2, 0.25) is 0 Å². The van der Waals surface area contributed by atoms with Gasteiger partial charge in [0, 0.05) is 5.57 Å². The van der Waals surface area contributed by atoms with E-state index < -0.39 is 5.60 Å². The quantitative estimate of drug-likeness (QED) is 0.700. The zero-order valence-corrected chi connectivity index (χ0v) is 10.4. The Bertz CT molecular complexity index is 388. The van der Waals surface area contributed by atoms with Crippen LogP contribution in [-0.4, -0.2) is 24.3 Å². The van der Waals surface area contributed by atoms with Gasteiger partial charge in [0.2, 0.25) is 0 Å². The number of esters is 1. The van der Waals surface area contributed by atoms with Crippen molar-refractivity contribution >= 4 is 5.97 Å². The van der Waals surface area contributed by atoms with Crippen molar-refractivity contribution in [1.82, 2.24) is 0 Å². The van der Waals surface area contributed by atoms with Crippen molar-refractivity contribution < 1.29 is 14.3 Å². The van der Waals surface area contributed by atoms with Crippen molar-refractivity contribution in [3.63, 3.8) is 0 Å². The lowest BCUT2D eigenvalue weighted by molar-refractivity contribution is -0.171. The van der Waals surface area contributed by atoms with Crippen LogP contribution in [0.25, 0.3) is 0 Å². The number of hydrogen-bond donors (Lipinski definition) is 0. The normalized spacial score (nSPS) is 19.4. The molecule has 0 saturated heterocycles. The first-order chi connectivity index (χ1) is 7.99. The second-order valence-electron chi connectivity index (χ2n) is 4.25. The third-order valence-electron chi connectivity index (χ3n) is 2.40. The summed E-state index contributed by atoms with van der Waals surface area (Å²) >= 11 is 0. The Morgan fingerprint density at radius 1 is 1.65 bits per heavy atom. The lowest BCUT2D eigenvalue weighted by Crippen LogP contribution is -2.39. The first-order valence-corrected chi connectivity index (χ1v) is 5.63. The zero-order chi connectivity index (χ0) is 12.9. The maximum atomic E-state index is 11.6. The van der Waals surface area contributed by atoms with Gasteiger partial charge in [0.25, 0.3) is 0 Å². The van der Waals surface area contributed by atoms with Crippen molar-refractivity contribution in [2.75, 3.05) is 6.61 Å². The molecule has 1 aliphatic carbocycles. The molecular formula is C13H17NO3. The lowest BCUT2D eigenvalue weighted by Gasteiger charge is -2.27. The molecule has 1 aliphatic rings. The van der Waals surface area contributed by atoms with Crippen LogP contribution in [0.1, 0.15) is 27.2 Å². The van der Waals surface area contributed by atoms with Gasteiger partial charge >= 0.3 is 5.97 Å². The van der Waals surface area contributed by atoms with Gasteiger partial charge in [-0.05, 0) is 33.3 Å². The number of ether oxygens (including phenoxy) is 2. The number of hydrogen-bond acceptors (Lipinski definition) is 4. The van der Waals surface area contributed by atoms with E-state index in [1.807, 2.05) is 0 Å². The molecule has 0 N–H and O–H groups in total. The number of rotatable bonds is 4. The Morgan fingerprint density at radius 3 is 2.82 bits per heavy atom. The molecule has 0 aromatic heterocycles. The number of nitrogens with zero attached hydrogens (tertiary/aromatic N) is 1. The van der Waals surface area contributed by atoms with Crippen LogP contribution in [0, 0.1) is 11.3 Å². The Hall–Kier alpha value is -1.60. The van der Waals surface area contributed by atoms with Crippen LogP contribution in [0.3, 0.4) is 0 Å². The van der Waals surface area contributed by atoms with Gasteiger partial charge in [0.05, 0.1) is 18.8 Å². The molecule has 0 spiro atoms. The molecule has 0 radical (unpaired) electrons. The van der Waals surface area contributed by atoms with Gasteiger partial charge in [-0.1, -0.05) is 12.2 Å². The Balaban J connectivity index is 2.57. The third kappa shape index (κ3) is 3.72. The minimum Gasteiger partial charge on any atom is -0.464 e.